The Morgan fingerprint density at radius 3 is 2.68 bits per heavy atom. The fraction of sp³-hybridized carbons (Fsp3) is 0.273. The number of amidine groups is 1. The first kappa shape index (κ1) is 18.8. The lowest BCUT2D eigenvalue weighted by Crippen LogP contribution is -2.38. The summed E-state index contributed by atoms with van der Waals surface area (Å²) in [5.74, 6) is 0.559. The van der Waals surface area contributed by atoms with Gasteiger partial charge in [0.15, 0.2) is 5.17 Å². The predicted octanol–water partition coefficient (Wildman–Crippen LogP) is 3.88. The van der Waals surface area contributed by atoms with E-state index in [-0.39, 0.29) is 5.91 Å². The summed E-state index contributed by atoms with van der Waals surface area (Å²) in [5, 5.41) is 0.762. The SMILES string of the molecule is Cc1ccc(COc2ccccc2/C=C2\SC(N3CCOCC3)=NC2=O)cc1. The van der Waals surface area contributed by atoms with E-state index in [1.165, 1.54) is 17.3 Å². The highest BCUT2D eigenvalue weighted by Gasteiger charge is 2.27. The van der Waals surface area contributed by atoms with Gasteiger partial charge in [-0.15, -0.1) is 0 Å². The van der Waals surface area contributed by atoms with Crippen LogP contribution < -0.4 is 4.74 Å². The molecule has 0 N–H and O–H groups in total. The lowest BCUT2D eigenvalue weighted by molar-refractivity contribution is -0.113. The van der Waals surface area contributed by atoms with Crippen LogP contribution in [-0.2, 0) is 16.1 Å². The zero-order chi connectivity index (χ0) is 19.3. The zero-order valence-electron chi connectivity index (χ0n) is 15.8. The average Bonchev–Trinajstić information content (AvgIpc) is 3.10. The summed E-state index contributed by atoms with van der Waals surface area (Å²) >= 11 is 1.42. The summed E-state index contributed by atoms with van der Waals surface area (Å²) in [6, 6.07) is 16.0. The summed E-state index contributed by atoms with van der Waals surface area (Å²) < 4.78 is 11.4. The number of thioether (sulfide) groups is 1. The van der Waals surface area contributed by atoms with E-state index in [9.17, 15) is 4.79 Å². The number of hydrogen-bond donors (Lipinski definition) is 0. The standard InChI is InChI=1S/C22H22N2O3S/c1-16-6-8-17(9-7-16)15-27-19-5-3-2-4-18(19)14-20-21(25)23-22(28-20)24-10-12-26-13-11-24/h2-9,14H,10-13,15H2,1H3/b20-14-. The van der Waals surface area contributed by atoms with E-state index < -0.39 is 0 Å². The number of carbonyl (C=O) groups excluding carboxylic acids is 1. The molecule has 1 saturated heterocycles. The maximum atomic E-state index is 12.4. The minimum Gasteiger partial charge on any atom is -0.488 e. The highest BCUT2D eigenvalue weighted by atomic mass is 32.2. The summed E-state index contributed by atoms with van der Waals surface area (Å²) in [5.41, 5.74) is 3.21. The normalized spacial score (nSPS) is 18.5. The van der Waals surface area contributed by atoms with Crippen molar-refractivity contribution in [2.75, 3.05) is 26.3 Å². The summed E-state index contributed by atoms with van der Waals surface area (Å²) in [6.45, 7) is 5.42. The van der Waals surface area contributed by atoms with Crippen molar-refractivity contribution in [1.82, 2.24) is 4.90 Å². The highest BCUT2D eigenvalue weighted by molar-refractivity contribution is 8.18. The number of rotatable bonds is 4. The lowest BCUT2D eigenvalue weighted by atomic mass is 10.1. The van der Waals surface area contributed by atoms with Crippen molar-refractivity contribution in [3.63, 3.8) is 0 Å². The molecule has 2 aromatic rings. The Kier molecular flexibility index (Phi) is 5.78. The van der Waals surface area contributed by atoms with E-state index >= 15 is 0 Å². The molecule has 1 fully saturated rings. The van der Waals surface area contributed by atoms with E-state index in [1.54, 1.807) is 0 Å². The van der Waals surface area contributed by atoms with Crippen LogP contribution in [0.1, 0.15) is 16.7 Å². The van der Waals surface area contributed by atoms with Gasteiger partial charge in [-0.05, 0) is 36.4 Å². The van der Waals surface area contributed by atoms with E-state index in [4.69, 9.17) is 9.47 Å². The van der Waals surface area contributed by atoms with Gasteiger partial charge in [-0.25, -0.2) is 0 Å². The zero-order valence-corrected chi connectivity index (χ0v) is 16.6. The van der Waals surface area contributed by atoms with Gasteiger partial charge in [0.25, 0.3) is 5.91 Å². The van der Waals surface area contributed by atoms with Gasteiger partial charge >= 0.3 is 0 Å². The Bertz CT molecular complexity index is 916. The molecule has 0 spiro atoms. The van der Waals surface area contributed by atoms with Crippen LogP contribution in [0.15, 0.2) is 58.4 Å². The third-order valence-corrected chi connectivity index (χ3v) is 5.66. The van der Waals surface area contributed by atoms with Crippen molar-refractivity contribution < 1.29 is 14.3 Å². The summed E-state index contributed by atoms with van der Waals surface area (Å²) in [6.07, 6.45) is 1.87. The lowest BCUT2D eigenvalue weighted by Gasteiger charge is -2.27. The van der Waals surface area contributed by atoms with Gasteiger partial charge < -0.3 is 14.4 Å². The molecule has 5 nitrogen and oxygen atoms in total. The van der Waals surface area contributed by atoms with Crippen LogP contribution in [0.2, 0.25) is 0 Å². The minimum absolute atomic E-state index is 0.195. The number of carbonyl (C=O) groups is 1. The number of aliphatic imine (C=N–C) groups is 1. The predicted molar refractivity (Wildman–Crippen MR) is 112 cm³/mol. The molecule has 6 heteroatoms. The number of ether oxygens (including phenoxy) is 2. The monoisotopic (exact) mass is 394 g/mol. The molecule has 0 aromatic heterocycles. The maximum absolute atomic E-state index is 12.4. The molecule has 144 valence electrons. The number of morpholine rings is 1. The molecule has 0 radical (unpaired) electrons. The van der Waals surface area contributed by atoms with E-state index in [0.717, 1.165) is 35.1 Å². The number of para-hydroxylation sites is 1. The van der Waals surface area contributed by atoms with Crippen LogP contribution in [-0.4, -0.2) is 42.3 Å². The van der Waals surface area contributed by atoms with Crippen molar-refractivity contribution >= 4 is 28.9 Å². The Morgan fingerprint density at radius 1 is 1.14 bits per heavy atom. The van der Waals surface area contributed by atoms with E-state index in [0.29, 0.717) is 24.7 Å². The number of amides is 1. The van der Waals surface area contributed by atoms with Crippen molar-refractivity contribution in [2.24, 2.45) is 4.99 Å². The van der Waals surface area contributed by atoms with Gasteiger partial charge in [-0.1, -0.05) is 48.0 Å². The third kappa shape index (κ3) is 4.46. The van der Waals surface area contributed by atoms with Crippen molar-refractivity contribution in [1.29, 1.82) is 0 Å². The van der Waals surface area contributed by atoms with Crippen LogP contribution in [0, 0.1) is 6.92 Å². The molecule has 2 aliphatic rings. The maximum Gasteiger partial charge on any atom is 0.286 e. The van der Waals surface area contributed by atoms with Crippen LogP contribution in [0.4, 0.5) is 0 Å². The Morgan fingerprint density at radius 2 is 1.89 bits per heavy atom. The molecule has 2 heterocycles. The van der Waals surface area contributed by atoms with Crippen LogP contribution in [0.25, 0.3) is 6.08 Å². The van der Waals surface area contributed by atoms with Gasteiger partial charge in [0.2, 0.25) is 0 Å². The molecule has 0 atom stereocenters. The number of nitrogens with zero attached hydrogens (tertiary/aromatic N) is 2. The van der Waals surface area contributed by atoms with E-state index in [1.807, 2.05) is 30.3 Å². The number of hydrogen-bond acceptors (Lipinski definition) is 5. The second-order valence-electron chi connectivity index (χ2n) is 6.72. The van der Waals surface area contributed by atoms with Crippen molar-refractivity contribution in [3.8, 4) is 5.75 Å². The second-order valence-corrected chi connectivity index (χ2v) is 7.73. The molecule has 0 bridgehead atoms. The number of aryl methyl sites for hydroxylation is 1. The topological polar surface area (TPSA) is 51.1 Å². The third-order valence-electron chi connectivity index (χ3n) is 4.61. The van der Waals surface area contributed by atoms with Crippen LogP contribution in [0.3, 0.4) is 0 Å². The number of benzene rings is 2. The molecule has 0 unspecified atom stereocenters. The van der Waals surface area contributed by atoms with E-state index in [2.05, 4.69) is 41.1 Å². The second kappa shape index (κ2) is 8.63. The van der Waals surface area contributed by atoms with Gasteiger partial charge in [0.1, 0.15) is 12.4 Å². The first-order valence-electron chi connectivity index (χ1n) is 9.32. The minimum atomic E-state index is -0.195. The van der Waals surface area contributed by atoms with Gasteiger partial charge in [-0.2, -0.15) is 4.99 Å². The van der Waals surface area contributed by atoms with Crippen molar-refractivity contribution in [2.45, 2.75) is 13.5 Å². The molecular formula is C22H22N2O3S. The molecule has 28 heavy (non-hydrogen) atoms. The molecule has 2 aliphatic heterocycles. The van der Waals surface area contributed by atoms with Crippen LogP contribution in [0.5, 0.6) is 5.75 Å². The van der Waals surface area contributed by atoms with Gasteiger partial charge in [0, 0.05) is 18.7 Å². The molecule has 0 saturated carbocycles. The summed E-state index contributed by atoms with van der Waals surface area (Å²) in [4.78, 5) is 19.3. The quantitative estimate of drug-likeness (QED) is 0.737. The smallest absolute Gasteiger partial charge is 0.286 e. The van der Waals surface area contributed by atoms with Crippen LogP contribution >= 0.6 is 11.8 Å². The van der Waals surface area contributed by atoms with Crippen molar-refractivity contribution in [3.05, 3.63) is 70.1 Å². The fourth-order valence-electron chi connectivity index (χ4n) is 3.01. The summed E-state index contributed by atoms with van der Waals surface area (Å²) in [7, 11) is 0. The Labute approximate surface area is 169 Å². The first-order valence-corrected chi connectivity index (χ1v) is 10.1. The molecular weight excluding hydrogens is 372 g/mol. The molecule has 1 amide bonds. The first-order chi connectivity index (χ1) is 13.7. The Hall–Kier alpha value is -2.57. The highest BCUT2D eigenvalue weighted by Crippen LogP contribution is 2.32. The average molecular weight is 394 g/mol. The largest absolute Gasteiger partial charge is 0.488 e. The van der Waals surface area contributed by atoms with Gasteiger partial charge in [-0.3, -0.25) is 4.79 Å². The molecule has 2 aromatic carbocycles. The molecule has 0 aliphatic carbocycles. The fourth-order valence-corrected chi connectivity index (χ4v) is 3.96. The molecule has 4 rings (SSSR count). The Balaban J connectivity index is 1.47. The van der Waals surface area contributed by atoms with Gasteiger partial charge in [0.05, 0.1) is 18.1 Å².